The van der Waals surface area contributed by atoms with E-state index in [9.17, 15) is 19.2 Å². The molecule has 0 spiro atoms. The number of carbonyl (C=O) groups excluding carboxylic acids is 3. The summed E-state index contributed by atoms with van der Waals surface area (Å²) in [4.78, 5) is 74.1. The second-order valence-corrected chi connectivity index (χ2v) is 16.3. The van der Waals surface area contributed by atoms with E-state index in [0.717, 1.165) is 86.9 Å². The molecule has 3 saturated heterocycles. The van der Waals surface area contributed by atoms with E-state index in [2.05, 4.69) is 68.1 Å². The molecule has 2 unspecified atom stereocenters. The summed E-state index contributed by atoms with van der Waals surface area (Å²) >= 11 is 0. The minimum Gasteiger partial charge on any atom is -0.369 e. The van der Waals surface area contributed by atoms with Crippen molar-refractivity contribution in [3.05, 3.63) is 106 Å². The van der Waals surface area contributed by atoms with Gasteiger partial charge in [0.1, 0.15) is 11.4 Å². The molecule has 0 saturated carbocycles. The van der Waals surface area contributed by atoms with Gasteiger partial charge in [0.05, 0.1) is 6.54 Å². The lowest BCUT2D eigenvalue weighted by molar-refractivity contribution is -0.136. The molecule has 3 fully saturated rings. The van der Waals surface area contributed by atoms with Crippen molar-refractivity contribution in [1.82, 2.24) is 39.4 Å². The van der Waals surface area contributed by atoms with Gasteiger partial charge in [-0.15, -0.1) is 6.58 Å². The molecule has 4 aliphatic heterocycles. The Labute approximate surface area is 341 Å². The third-order valence-corrected chi connectivity index (χ3v) is 12.9. The predicted molar refractivity (Wildman–Crippen MR) is 224 cm³/mol. The molecule has 2 N–H and O–H groups in total. The van der Waals surface area contributed by atoms with E-state index < -0.39 is 6.04 Å². The molecule has 0 radical (unpaired) electrons. The van der Waals surface area contributed by atoms with Crippen LogP contribution in [0.1, 0.15) is 65.7 Å². The minimum atomic E-state index is -0.607. The number of imide groups is 1. The van der Waals surface area contributed by atoms with Gasteiger partial charge in [0, 0.05) is 98.7 Å². The SMILES string of the molecule is C=CCn1c(=O)c2cnc(Nc3ccc(N4CC(N5CCN(c6ccc7c(c6)CN(C6CCC(=O)NC6=O)C7=O)CC5)C4)cc3)nc2n1-c1ccc2c(n1)C(CC)CC2. The normalized spacial score (nSPS) is 20.8. The zero-order chi connectivity index (χ0) is 40.4. The lowest BCUT2D eigenvalue weighted by atomic mass is 10.0. The molecular formula is C44H47N11O4. The van der Waals surface area contributed by atoms with Crippen molar-refractivity contribution in [1.29, 1.82) is 0 Å². The van der Waals surface area contributed by atoms with E-state index in [4.69, 9.17) is 9.97 Å². The Kier molecular flexibility index (Phi) is 9.26. The molecule has 15 nitrogen and oxygen atoms in total. The number of piperidine rings is 1. The van der Waals surface area contributed by atoms with Crippen LogP contribution in [-0.2, 0) is 29.1 Å². The van der Waals surface area contributed by atoms with Crippen molar-refractivity contribution >= 4 is 51.8 Å². The molecule has 5 aromatic rings. The van der Waals surface area contributed by atoms with Crippen LogP contribution in [0.5, 0.6) is 0 Å². The Bertz CT molecular complexity index is 2570. The fourth-order valence-electron chi connectivity index (χ4n) is 9.53. The van der Waals surface area contributed by atoms with E-state index in [0.29, 0.717) is 59.8 Å². The van der Waals surface area contributed by atoms with Crippen LogP contribution in [0.3, 0.4) is 0 Å². The van der Waals surface area contributed by atoms with Crippen molar-refractivity contribution in [2.24, 2.45) is 0 Å². The molecular weight excluding hydrogens is 747 g/mol. The number of hydrogen-bond donors (Lipinski definition) is 2. The fourth-order valence-corrected chi connectivity index (χ4v) is 9.53. The second kappa shape index (κ2) is 14.8. The predicted octanol–water partition coefficient (Wildman–Crippen LogP) is 4.12. The number of amides is 3. The Balaban J connectivity index is 0.758. The standard InChI is InChI=1S/C44H47N11O4/c1-3-17-54-43(59)35-23-45-44(49-40(35)55(54)37-15-7-28-6-5-27(4-2)39(28)47-37)46-30-8-10-31(11-9-30)52-25-33(26-52)51-20-18-50(19-21-51)32-12-13-34-29(22-32)24-53(42(34)58)36-14-16-38(56)48-41(36)57/h3,7-13,15,22-23,27,33,36H,1,4-6,14,16-21,24-26H2,2H3,(H,45,46,49)(H,48,56,57). The van der Waals surface area contributed by atoms with E-state index in [1.807, 2.05) is 30.3 Å². The first-order valence-electron chi connectivity index (χ1n) is 20.7. The molecule has 15 heteroatoms. The first-order chi connectivity index (χ1) is 28.8. The van der Waals surface area contributed by atoms with Crippen molar-refractivity contribution in [2.75, 3.05) is 54.4 Å². The molecule has 3 aromatic heterocycles. The topological polar surface area (TPSA) is 154 Å². The second-order valence-electron chi connectivity index (χ2n) is 16.3. The number of aromatic nitrogens is 5. The van der Waals surface area contributed by atoms with Crippen LogP contribution < -0.4 is 26.0 Å². The summed E-state index contributed by atoms with van der Waals surface area (Å²) in [6.45, 7) is 12.4. The van der Waals surface area contributed by atoms with E-state index in [1.54, 1.807) is 26.5 Å². The molecule has 302 valence electrons. The highest BCUT2D eigenvalue weighted by Crippen LogP contribution is 2.35. The molecule has 0 bridgehead atoms. The van der Waals surface area contributed by atoms with Gasteiger partial charge < -0.3 is 20.0 Å². The van der Waals surface area contributed by atoms with Crippen molar-refractivity contribution in [2.45, 2.75) is 70.1 Å². The highest BCUT2D eigenvalue weighted by atomic mass is 16.2. The van der Waals surface area contributed by atoms with Gasteiger partial charge in [-0.05, 0) is 85.3 Å². The number of aryl methyl sites for hydroxylation is 1. The summed E-state index contributed by atoms with van der Waals surface area (Å²) in [5.41, 5.74) is 7.38. The third-order valence-electron chi connectivity index (χ3n) is 12.9. The van der Waals surface area contributed by atoms with Crippen LogP contribution in [0.4, 0.5) is 23.0 Å². The van der Waals surface area contributed by atoms with Gasteiger partial charge in [0.2, 0.25) is 17.8 Å². The molecule has 2 aromatic carbocycles. The summed E-state index contributed by atoms with van der Waals surface area (Å²) in [6, 6.07) is 18.3. The van der Waals surface area contributed by atoms with Crippen molar-refractivity contribution in [3.63, 3.8) is 0 Å². The molecule has 3 amide bonds. The first-order valence-corrected chi connectivity index (χ1v) is 20.7. The molecule has 10 rings (SSSR count). The zero-order valence-electron chi connectivity index (χ0n) is 33.1. The Morgan fingerprint density at radius 3 is 2.44 bits per heavy atom. The monoisotopic (exact) mass is 793 g/mol. The Morgan fingerprint density at radius 1 is 0.881 bits per heavy atom. The minimum absolute atomic E-state index is 0.143. The molecule has 7 heterocycles. The number of nitrogens with one attached hydrogen (secondary N) is 2. The number of nitrogens with zero attached hydrogens (tertiary/aromatic N) is 9. The largest absolute Gasteiger partial charge is 0.369 e. The van der Waals surface area contributed by atoms with Gasteiger partial charge in [-0.1, -0.05) is 19.1 Å². The number of piperazine rings is 1. The van der Waals surface area contributed by atoms with Crippen LogP contribution >= 0.6 is 0 Å². The summed E-state index contributed by atoms with van der Waals surface area (Å²) in [6.07, 6.45) is 7.06. The van der Waals surface area contributed by atoms with Crippen LogP contribution in [0.2, 0.25) is 0 Å². The lowest BCUT2D eigenvalue weighted by Gasteiger charge is -2.49. The summed E-state index contributed by atoms with van der Waals surface area (Å²) < 4.78 is 3.42. The third kappa shape index (κ3) is 6.53. The van der Waals surface area contributed by atoms with Crippen molar-refractivity contribution in [3.8, 4) is 5.82 Å². The Morgan fingerprint density at radius 2 is 1.68 bits per heavy atom. The molecule has 2 atom stereocenters. The van der Waals surface area contributed by atoms with Crippen LogP contribution in [0.15, 0.2) is 78.2 Å². The highest BCUT2D eigenvalue weighted by molar-refractivity contribution is 6.05. The zero-order valence-corrected chi connectivity index (χ0v) is 33.1. The smallest absolute Gasteiger partial charge is 0.278 e. The van der Waals surface area contributed by atoms with Gasteiger partial charge in [0.25, 0.3) is 11.5 Å². The van der Waals surface area contributed by atoms with E-state index in [1.165, 1.54) is 5.56 Å². The first kappa shape index (κ1) is 37.0. The Hall–Kier alpha value is -6.35. The summed E-state index contributed by atoms with van der Waals surface area (Å²) in [5, 5.41) is 6.15. The number of hydrogen-bond acceptors (Lipinski definition) is 11. The van der Waals surface area contributed by atoms with Crippen LogP contribution in [0.25, 0.3) is 16.9 Å². The number of rotatable bonds is 10. The number of fused-ring (bicyclic) bond motifs is 3. The summed E-state index contributed by atoms with van der Waals surface area (Å²) in [7, 11) is 0. The molecule has 1 aliphatic carbocycles. The number of allylic oxidation sites excluding steroid dienone is 1. The van der Waals surface area contributed by atoms with E-state index >= 15 is 0 Å². The number of pyridine rings is 1. The molecule has 59 heavy (non-hydrogen) atoms. The average Bonchev–Trinajstić information content (AvgIpc) is 3.88. The number of anilines is 4. The fraction of sp³-hybridized carbons (Fsp3) is 0.386. The van der Waals surface area contributed by atoms with Gasteiger partial charge in [-0.25, -0.2) is 19.3 Å². The maximum Gasteiger partial charge on any atom is 0.278 e. The maximum atomic E-state index is 13.5. The van der Waals surface area contributed by atoms with Gasteiger partial charge in [-0.2, -0.15) is 4.98 Å². The summed E-state index contributed by atoms with van der Waals surface area (Å²) in [5.74, 6) is 0.670. The lowest BCUT2D eigenvalue weighted by Crippen LogP contribution is -2.63. The van der Waals surface area contributed by atoms with Gasteiger partial charge in [-0.3, -0.25) is 29.4 Å². The average molecular weight is 794 g/mol. The highest BCUT2D eigenvalue weighted by Gasteiger charge is 2.40. The quantitative estimate of drug-likeness (QED) is 0.155. The van der Waals surface area contributed by atoms with E-state index in [-0.39, 0.29) is 29.7 Å². The van der Waals surface area contributed by atoms with Gasteiger partial charge >= 0.3 is 0 Å². The number of carbonyl (C=O) groups is 3. The van der Waals surface area contributed by atoms with Gasteiger partial charge in [0.15, 0.2) is 11.5 Å². The van der Waals surface area contributed by atoms with Crippen LogP contribution in [-0.4, -0.2) is 103 Å². The molecule has 5 aliphatic rings. The maximum absolute atomic E-state index is 13.5. The van der Waals surface area contributed by atoms with Crippen LogP contribution in [0, 0.1) is 0 Å². The number of benzene rings is 2. The van der Waals surface area contributed by atoms with Crippen molar-refractivity contribution < 1.29 is 14.4 Å².